The Bertz CT molecular complexity index is 984. The number of rotatable bonds is 3. The fraction of sp³-hybridized carbons (Fsp3) is 0.250. The van der Waals surface area contributed by atoms with E-state index < -0.39 is 35.3 Å². The number of hydrogen-bond donors (Lipinski definition) is 3. The monoisotopic (exact) mass is 327 g/mol. The highest BCUT2D eigenvalue weighted by Crippen LogP contribution is 2.36. The number of aliphatic carboxylic acids is 1. The first-order valence-electron chi connectivity index (χ1n) is 7.24. The van der Waals surface area contributed by atoms with E-state index in [1.54, 1.807) is 6.07 Å². The molecule has 0 aliphatic carbocycles. The minimum absolute atomic E-state index is 0.303. The average Bonchev–Trinajstić information content (AvgIpc) is 2.57. The van der Waals surface area contributed by atoms with Crippen molar-refractivity contribution in [3.63, 3.8) is 0 Å². The lowest BCUT2D eigenvalue weighted by Gasteiger charge is -2.22. The van der Waals surface area contributed by atoms with E-state index >= 15 is 0 Å². The number of pyridine rings is 1. The Labute approximate surface area is 135 Å². The lowest BCUT2D eigenvalue weighted by Crippen LogP contribution is -2.36. The zero-order valence-electron chi connectivity index (χ0n) is 12.5. The molecule has 0 fully saturated rings. The number of hydrogen-bond acceptors (Lipinski definition) is 4. The number of aromatic nitrogens is 1. The van der Waals surface area contributed by atoms with Crippen molar-refractivity contribution in [1.29, 1.82) is 0 Å². The van der Waals surface area contributed by atoms with Gasteiger partial charge in [-0.3, -0.25) is 14.4 Å². The molecule has 1 aliphatic heterocycles. The first-order chi connectivity index (χ1) is 11.5. The molecule has 0 unspecified atom stereocenters. The standard InChI is InChI=1S/C16H13N3O5/c1-17-10-5-4-9-13-8(10)3-2-6-19(13)16(24)12(14(9)22)15(23)18-7-11(20)21/h4-5,22H,2-3,6-7H2,(H,18,23)(H,20,21). The Kier molecular flexibility index (Phi) is 3.69. The van der Waals surface area contributed by atoms with Crippen LogP contribution in [0.1, 0.15) is 22.3 Å². The number of carbonyl (C=O) groups excluding carboxylic acids is 1. The number of aryl methyl sites for hydroxylation is 2. The Morgan fingerprint density at radius 3 is 2.79 bits per heavy atom. The highest BCUT2D eigenvalue weighted by molar-refractivity contribution is 6.04. The highest BCUT2D eigenvalue weighted by Gasteiger charge is 2.26. The number of carbonyl (C=O) groups is 2. The molecule has 0 radical (unpaired) electrons. The predicted molar refractivity (Wildman–Crippen MR) is 84.4 cm³/mol. The number of nitrogens with zero attached hydrogens (tertiary/aromatic N) is 2. The molecule has 1 aromatic carbocycles. The molecule has 8 heteroatoms. The van der Waals surface area contributed by atoms with Crippen molar-refractivity contribution < 1.29 is 19.8 Å². The van der Waals surface area contributed by atoms with Gasteiger partial charge in [-0.1, -0.05) is 12.1 Å². The highest BCUT2D eigenvalue weighted by atomic mass is 16.4. The predicted octanol–water partition coefficient (Wildman–Crippen LogP) is 1.02. The molecule has 122 valence electrons. The molecule has 2 aromatic rings. The normalized spacial score (nSPS) is 12.6. The lowest BCUT2D eigenvalue weighted by molar-refractivity contribution is -0.135. The molecular weight excluding hydrogens is 314 g/mol. The van der Waals surface area contributed by atoms with Crippen LogP contribution in [0.5, 0.6) is 5.75 Å². The van der Waals surface area contributed by atoms with Gasteiger partial charge in [0.25, 0.3) is 11.5 Å². The van der Waals surface area contributed by atoms with Crippen LogP contribution in [0.3, 0.4) is 0 Å². The van der Waals surface area contributed by atoms with Gasteiger partial charge in [0.15, 0.2) is 5.69 Å². The minimum atomic E-state index is -1.26. The molecule has 0 atom stereocenters. The second-order valence-electron chi connectivity index (χ2n) is 5.43. The van der Waals surface area contributed by atoms with Crippen molar-refractivity contribution in [2.45, 2.75) is 19.4 Å². The van der Waals surface area contributed by atoms with Crippen molar-refractivity contribution in [2.75, 3.05) is 6.54 Å². The van der Waals surface area contributed by atoms with E-state index in [9.17, 15) is 19.5 Å². The largest absolute Gasteiger partial charge is 0.506 e. The summed E-state index contributed by atoms with van der Waals surface area (Å²) >= 11 is 0. The first kappa shape index (κ1) is 15.6. The van der Waals surface area contributed by atoms with Gasteiger partial charge in [-0.2, -0.15) is 0 Å². The van der Waals surface area contributed by atoms with E-state index in [2.05, 4.69) is 10.2 Å². The van der Waals surface area contributed by atoms with Crippen LogP contribution in [0.15, 0.2) is 16.9 Å². The quantitative estimate of drug-likeness (QED) is 0.729. The van der Waals surface area contributed by atoms with Crippen LogP contribution in [-0.4, -0.2) is 33.2 Å². The van der Waals surface area contributed by atoms with Crippen LogP contribution in [-0.2, 0) is 17.8 Å². The molecule has 24 heavy (non-hydrogen) atoms. The van der Waals surface area contributed by atoms with Gasteiger partial charge in [0.1, 0.15) is 17.9 Å². The maximum atomic E-state index is 12.6. The van der Waals surface area contributed by atoms with Crippen molar-refractivity contribution >= 4 is 28.5 Å². The molecular formula is C16H13N3O5. The van der Waals surface area contributed by atoms with Crippen molar-refractivity contribution in [1.82, 2.24) is 9.88 Å². The third-order valence-electron chi connectivity index (χ3n) is 4.04. The smallest absolute Gasteiger partial charge is 0.322 e. The van der Waals surface area contributed by atoms with E-state index in [0.717, 1.165) is 0 Å². The Morgan fingerprint density at radius 2 is 2.12 bits per heavy atom. The Balaban J connectivity index is 2.28. The van der Waals surface area contributed by atoms with E-state index in [4.69, 9.17) is 11.7 Å². The van der Waals surface area contributed by atoms with E-state index in [1.807, 2.05) is 0 Å². The molecule has 0 saturated heterocycles. The second kappa shape index (κ2) is 5.70. The van der Waals surface area contributed by atoms with Crippen LogP contribution < -0.4 is 10.9 Å². The van der Waals surface area contributed by atoms with Crippen LogP contribution in [0.25, 0.3) is 15.7 Å². The number of amides is 1. The SMILES string of the molecule is [C-]#[N+]c1ccc2c(O)c(C(=O)NCC(=O)O)c(=O)n3c2c1CCC3. The van der Waals surface area contributed by atoms with Gasteiger partial charge in [0.05, 0.1) is 6.57 Å². The summed E-state index contributed by atoms with van der Waals surface area (Å²) in [6, 6.07) is 3.04. The van der Waals surface area contributed by atoms with Crippen molar-refractivity contribution in [3.8, 4) is 5.75 Å². The van der Waals surface area contributed by atoms with Crippen LogP contribution in [0.4, 0.5) is 5.69 Å². The van der Waals surface area contributed by atoms with Gasteiger partial charge in [-0.05, 0) is 18.4 Å². The van der Waals surface area contributed by atoms with Gasteiger partial charge in [0, 0.05) is 17.4 Å². The molecule has 2 heterocycles. The Morgan fingerprint density at radius 1 is 1.38 bits per heavy atom. The lowest BCUT2D eigenvalue weighted by atomic mass is 9.97. The van der Waals surface area contributed by atoms with Crippen molar-refractivity contribution in [2.24, 2.45) is 0 Å². The van der Waals surface area contributed by atoms with Gasteiger partial charge < -0.3 is 20.1 Å². The average molecular weight is 327 g/mol. The van der Waals surface area contributed by atoms with Gasteiger partial charge >= 0.3 is 5.97 Å². The zero-order chi connectivity index (χ0) is 17.4. The number of carboxylic acids is 1. The van der Waals surface area contributed by atoms with E-state index in [-0.39, 0.29) is 0 Å². The van der Waals surface area contributed by atoms with Gasteiger partial charge in [0.2, 0.25) is 0 Å². The molecule has 1 aliphatic rings. The number of carboxylic acid groups (broad SMARTS) is 1. The number of aromatic hydroxyl groups is 1. The maximum absolute atomic E-state index is 12.6. The minimum Gasteiger partial charge on any atom is -0.506 e. The number of benzene rings is 1. The summed E-state index contributed by atoms with van der Waals surface area (Å²) in [5, 5.41) is 21.4. The third kappa shape index (κ3) is 2.27. The molecule has 0 spiro atoms. The molecule has 3 N–H and O–H groups in total. The van der Waals surface area contributed by atoms with E-state index in [0.29, 0.717) is 41.5 Å². The molecule has 1 amide bonds. The molecule has 3 rings (SSSR count). The topological polar surface area (TPSA) is 113 Å². The fourth-order valence-electron chi connectivity index (χ4n) is 3.02. The summed E-state index contributed by atoms with van der Waals surface area (Å²) in [6.45, 7) is 6.94. The second-order valence-corrected chi connectivity index (χ2v) is 5.43. The molecule has 0 saturated carbocycles. The Hall–Kier alpha value is -3.34. The molecule has 8 nitrogen and oxygen atoms in total. The summed E-state index contributed by atoms with van der Waals surface area (Å²) in [4.78, 5) is 38.8. The molecule has 0 bridgehead atoms. The van der Waals surface area contributed by atoms with Crippen LogP contribution in [0.2, 0.25) is 0 Å². The fourth-order valence-corrected chi connectivity index (χ4v) is 3.02. The summed E-state index contributed by atoms with van der Waals surface area (Å²) in [7, 11) is 0. The van der Waals surface area contributed by atoms with Crippen LogP contribution >= 0.6 is 0 Å². The summed E-state index contributed by atoms with van der Waals surface area (Å²) in [5.41, 5.74) is 0.390. The summed E-state index contributed by atoms with van der Waals surface area (Å²) in [6.07, 6.45) is 1.24. The molecule has 1 aromatic heterocycles. The summed E-state index contributed by atoms with van der Waals surface area (Å²) in [5.74, 6) is -2.69. The van der Waals surface area contributed by atoms with E-state index in [1.165, 1.54) is 10.6 Å². The third-order valence-corrected chi connectivity index (χ3v) is 4.04. The zero-order valence-corrected chi connectivity index (χ0v) is 12.5. The first-order valence-corrected chi connectivity index (χ1v) is 7.24. The summed E-state index contributed by atoms with van der Waals surface area (Å²) < 4.78 is 1.37. The van der Waals surface area contributed by atoms with Crippen molar-refractivity contribution in [3.05, 3.63) is 45.0 Å². The van der Waals surface area contributed by atoms with Gasteiger partial charge in [-0.15, -0.1) is 0 Å². The maximum Gasteiger partial charge on any atom is 0.322 e. The number of nitrogens with one attached hydrogen (secondary N) is 1. The van der Waals surface area contributed by atoms with Gasteiger partial charge in [-0.25, -0.2) is 4.85 Å². The van der Waals surface area contributed by atoms with Crippen LogP contribution in [0, 0.1) is 6.57 Å².